The molecule has 1 aromatic carbocycles. The van der Waals surface area contributed by atoms with Crippen molar-refractivity contribution in [2.45, 2.75) is 26.8 Å². The van der Waals surface area contributed by atoms with Gasteiger partial charge >= 0.3 is 11.9 Å². The first-order valence-corrected chi connectivity index (χ1v) is 8.84. The van der Waals surface area contributed by atoms with Crippen LogP contribution in [-0.2, 0) is 14.3 Å². The van der Waals surface area contributed by atoms with Crippen molar-refractivity contribution < 1.29 is 28.9 Å². The van der Waals surface area contributed by atoms with Crippen LogP contribution in [0.15, 0.2) is 29.5 Å². The summed E-state index contributed by atoms with van der Waals surface area (Å²) >= 11 is 5.21. The number of nitrogens with one attached hydrogen (secondary N) is 2. The lowest BCUT2D eigenvalue weighted by Gasteiger charge is -2.30. The molecular formula is C18H22N2O6S. The van der Waals surface area contributed by atoms with Gasteiger partial charge in [0.25, 0.3) is 0 Å². The second-order valence-electron chi connectivity index (χ2n) is 5.61. The number of hydrogen-bond donors (Lipinski definition) is 3. The predicted molar refractivity (Wildman–Crippen MR) is 102 cm³/mol. The van der Waals surface area contributed by atoms with Gasteiger partial charge in [-0.25, -0.2) is 9.59 Å². The third-order valence-electron chi connectivity index (χ3n) is 3.72. The van der Waals surface area contributed by atoms with Crippen LogP contribution in [0.5, 0.6) is 11.5 Å². The van der Waals surface area contributed by atoms with Crippen LogP contribution in [0.4, 0.5) is 0 Å². The van der Waals surface area contributed by atoms with Gasteiger partial charge in [0.15, 0.2) is 23.2 Å². The van der Waals surface area contributed by atoms with Crippen LogP contribution < -0.4 is 20.1 Å². The summed E-state index contributed by atoms with van der Waals surface area (Å²) in [4.78, 5) is 23.2. The van der Waals surface area contributed by atoms with Gasteiger partial charge in [-0.1, -0.05) is 6.07 Å². The van der Waals surface area contributed by atoms with Gasteiger partial charge in [-0.05, 0) is 50.7 Å². The SMILES string of the molecule is CCOC(=O)C1=C(C)NC(=S)N[C@@H]1c1ccc(OCC(=O)O)c(OCC)c1. The van der Waals surface area contributed by atoms with Crippen molar-refractivity contribution in [3.05, 3.63) is 35.0 Å². The van der Waals surface area contributed by atoms with Gasteiger partial charge in [0, 0.05) is 5.70 Å². The van der Waals surface area contributed by atoms with Crippen LogP contribution in [0.1, 0.15) is 32.4 Å². The highest BCUT2D eigenvalue weighted by atomic mass is 32.1. The molecule has 0 spiro atoms. The molecule has 27 heavy (non-hydrogen) atoms. The predicted octanol–water partition coefficient (Wildman–Crippen LogP) is 1.90. The minimum Gasteiger partial charge on any atom is -0.490 e. The highest BCUT2D eigenvalue weighted by molar-refractivity contribution is 7.80. The summed E-state index contributed by atoms with van der Waals surface area (Å²) in [5, 5.41) is 15.2. The Labute approximate surface area is 162 Å². The monoisotopic (exact) mass is 394 g/mol. The van der Waals surface area contributed by atoms with Gasteiger partial charge in [-0.15, -0.1) is 0 Å². The summed E-state index contributed by atoms with van der Waals surface area (Å²) in [5.74, 6) is -0.858. The first-order chi connectivity index (χ1) is 12.9. The molecular weight excluding hydrogens is 372 g/mol. The molecule has 0 unspecified atom stereocenters. The number of rotatable bonds is 8. The summed E-state index contributed by atoms with van der Waals surface area (Å²) in [6.45, 7) is 5.42. The average molecular weight is 394 g/mol. The molecule has 1 aliphatic heterocycles. The van der Waals surface area contributed by atoms with Crippen molar-refractivity contribution in [1.82, 2.24) is 10.6 Å². The van der Waals surface area contributed by atoms with E-state index in [4.69, 9.17) is 31.5 Å². The van der Waals surface area contributed by atoms with Crippen LogP contribution in [0.25, 0.3) is 0 Å². The van der Waals surface area contributed by atoms with E-state index in [2.05, 4.69) is 10.6 Å². The molecule has 0 radical (unpaired) electrons. The molecule has 3 N–H and O–H groups in total. The van der Waals surface area contributed by atoms with E-state index in [0.29, 0.717) is 40.1 Å². The van der Waals surface area contributed by atoms with Gasteiger partial charge in [-0.3, -0.25) is 0 Å². The minimum atomic E-state index is -1.09. The molecule has 0 aliphatic carbocycles. The van der Waals surface area contributed by atoms with Gasteiger partial charge < -0.3 is 30.0 Å². The Morgan fingerprint density at radius 3 is 2.56 bits per heavy atom. The van der Waals surface area contributed by atoms with E-state index in [-0.39, 0.29) is 6.61 Å². The van der Waals surface area contributed by atoms with Crippen molar-refractivity contribution in [3.8, 4) is 11.5 Å². The Bertz CT molecular complexity index is 777. The van der Waals surface area contributed by atoms with Gasteiger partial charge in [-0.2, -0.15) is 0 Å². The van der Waals surface area contributed by atoms with Crippen molar-refractivity contribution in [3.63, 3.8) is 0 Å². The quantitative estimate of drug-likeness (QED) is 0.450. The zero-order valence-electron chi connectivity index (χ0n) is 15.3. The molecule has 0 fully saturated rings. The molecule has 0 saturated carbocycles. The average Bonchev–Trinajstić information content (AvgIpc) is 2.60. The molecule has 1 aromatic rings. The Morgan fingerprint density at radius 1 is 1.19 bits per heavy atom. The Hall–Kier alpha value is -2.81. The molecule has 1 atom stereocenters. The Balaban J connectivity index is 2.42. The first kappa shape index (κ1) is 20.5. The zero-order valence-corrected chi connectivity index (χ0v) is 16.1. The van der Waals surface area contributed by atoms with E-state index in [1.807, 2.05) is 0 Å². The number of thiocarbonyl (C=S) groups is 1. The molecule has 2 rings (SSSR count). The summed E-state index contributed by atoms with van der Waals surface area (Å²) < 4.78 is 16.0. The molecule has 0 amide bonds. The Kier molecular flexibility index (Phi) is 7.00. The highest BCUT2D eigenvalue weighted by Gasteiger charge is 2.31. The van der Waals surface area contributed by atoms with Crippen molar-refractivity contribution in [1.29, 1.82) is 0 Å². The van der Waals surface area contributed by atoms with Gasteiger partial charge in [0.05, 0.1) is 24.8 Å². The number of allylic oxidation sites excluding steroid dienone is 1. The molecule has 0 bridgehead atoms. The van der Waals surface area contributed by atoms with E-state index >= 15 is 0 Å². The normalized spacial score (nSPS) is 16.3. The van der Waals surface area contributed by atoms with Crippen LogP contribution in [0.3, 0.4) is 0 Å². The number of esters is 1. The third-order valence-corrected chi connectivity index (χ3v) is 3.94. The van der Waals surface area contributed by atoms with Crippen molar-refractivity contribution in [2.24, 2.45) is 0 Å². The fraction of sp³-hybridized carbons (Fsp3) is 0.389. The third kappa shape index (κ3) is 5.10. The van der Waals surface area contributed by atoms with Crippen LogP contribution in [-0.4, -0.2) is 42.0 Å². The topological polar surface area (TPSA) is 106 Å². The number of carboxylic acid groups (broad SMARTS) is 1. The van der Waals surface area contributed by atoms with E-state index in [0.717, 1.165) is 0 Å². The van der Waals surface area contributed by atoms with Crippen LogP contribution in [0.2, 0.25) is 0 Å². The molecule has 146 valence electrons. The maximum Gasteiger partial charge on any atom is 0.341 e. The molecule has 0 saturated heterocycles. The fourth-order valence-corrected chi connectivity index (χ4v) is 2.93. The number of benzene rings is 1. The van der Waals surface area contributed by atoms with Crippen molar-refractivity contribution in [2.75, 3.05) is 19.8 Å². The molecule has 1 aliphatic rings. The summed E-state index contributed by atoms with van der Waals surface area (Å²) in [6.07, 6.45) is 0. The summed E-state index contributed by atoms with van der Waals surface area (Å²) in [6, 6.07) is 4.48. The minimum absolute atomic E-state index is 0.249. The van der Waals surface area contributed by atoms with E-state index < -0.39 is 24.6 Å². The van der Waals surface area contributed by atoms with Gasteiger partial charge in [0.2, 0.25) is 0 Å². The van der Waals surface area contributed by atoms with Crippen LogP contribution in [0, 0.1) is 0 Å². The van der Waals surface area contributed by atoms with E-state index in [1.165, 1.54) is 0 Å². The van der Waals surface area contributed by atoms with E-state index in [9.17, 15) is 9.59 Å². The standard InChI is InChI=1S/C18H22N2O6S/c1-4-24-13-8-11(6-7-12(13)26-9-14(21)22)16-15(17(23)25-5-2)10(3)19-18(27)20-16/h6-8,16H,4-5,9H2,1-3H3,(H,21,22)(H2,19,20,27)/t16-/m1/s1. The second-order valence-corrected chi connectivity index (χ2v) is 6.02. The number of carbonyl (C=O) groups is 2. The number of hydrogen-bond acceptors (Lipinski definition) is 6. The first-order valence-electron chi connectivity index (χ1n) is 8.44. The smallest absolute Gasteiger partial charge is 0.341 e. The number of aliphatic carboxylic acids is 1. The second kappa shape index (κ2) is 9.22. The number of carbonyl (C=O) groups excluding carboxylic acids is 1. The summed E-state index contributed by atoms with van der Waals surface area (Å²) in [5.41, 5.74) is 1.71. The number of carboxylic acids is 1. The van der Waals surface area contributed by atoms with Crippen molar-refractivity contribution >= 4 is 29.3 Å². The van der Waals surface area contributed by atoms with Gasteiger partial charge in [0.1, 0.15) is 0 Å². The lowest BCUT2D eigenvalue weighted by atomic mass is 9.95. The largest absolute Gasteiger partial charge is 0.490 e. The molecule has 0 aromatic heterocycles. The Morgan fingerprint density at radius 2 is 1.93 bits per heavy atom. The van der Waals surface area contributed by atoms with E-state index in [1.54, 1.807) is 39.0 Å². The fourth-order valence-electron chi connectivity index (χ4n) is 2.65. The highest BCUT2D eigenvalue weighted by Crippen LogP contribution is 2.34. The molecule has 9 heteroatoms. The van der Waals surface area contributed by atoms with Crippen LogP contribution >= 0.6 is 12.2 Å². The molecule has 1 heterocycles. The lowest BCUT2D eigenvalue weighted by molar-refractivity contribution is -0.140. The lowest BCUT2D eigenvalue weighted by Crippen LogP contribution is -2.45. The maximum atomic E-state index is 12.4. The molecule has 8 nitrogen and oxygen atoms in total. The number of ether oxygens (including phenoxy) is 3. The zero-order chi connectivity index (χ0) is 20.0. The maximum absolute atomic E-state index is 12.4. The summed E-state index contributed by atoms with van der Waals surface area (Å²) in [7, 11) is 0.